The first-order valence-electron chi connectivity index (χ1n) is 9.42. The fraction of sp³-hybridized carbons (Fsp3) is 0.500. The standard InChI is InChI=1S/C20H31N5O2.HI/c1-5-21-20(22-11-10-16-12-24-25(4)14-16)23-13-19(26)17-6-8-18(9-7-17)27-15(2)3;/h6-9,12,14-15,19,26H,5,10-11,13H2,1-4H3,(H2,21,22,23);1H. The Morgan fingerprint density at radius 3 is 2.54 bits per heavy atom. The highest BCUT2D eigenvalue weighted by Gasteiger charge is 2.08. The second-order valence-electron chi connectivity index (χ2n) is 6.67. The Bertz CT molecular complexity index is 716. The molecule has 7 nitrogen and oxygen atoms in total. The van der Waals surface area contributed by atoms with Crippen LogP contribution in [0.4, 0.5) is 0 Å². The van der Waals surface area contributed by atoms with Crippen LogP contribution in [0.3, 0.4) is 0 Å². The topological polar surface area (TPSA) is 83.7 Å². The number of aromatic nitrogens is 2. The molecule has 0 aliphatic carbocycles. The summed E-state index contributed by atoms with van der Waals surface area (Å²) in [6, 6.07) is 7.50. The SMILES string of the molecule is CCNC(=NCC(O)c1ccc(OC(C)C)cc1)NCCc1cnn(C)c1.I. The summed E-state index contributed by atoms with van der Waals surface area (Å²) in [6.07, 6.45) is 4.19. The molecular weight excluding hydrogens is 469 g/mol. The monoisotopic (exact) mass is 501 g/mol. The number of guanidine groups is 1. The molecule has 2 rings (SSSR count). The number of aryl methyl sites for hydroxylation is 1. The minimum atomic E-state index is -0.660. The maximum atomic E-state index is 10.4. The largest absolute Gasteiger partial charge is 0.491 e. The summed E-state index contributed by atoms with van der Waals surface area (Å²) >= 11 is 0. The Labute approximate surface area is 184 Å². The van der Waals surface area contributed by atoms with Gasteiger partial charge in [-0.2, -0.15) is 5.10 Å². The van der Waals surface area contributed by atoms with Gasteiger partial charge in [-0.25, -0.2) is 0 Å². The molecule has 0 saturated carbocycles. The van der Waals surface area contributed by atoms with Crippen molar-refractivity contribution >= 4 is 29.9 Å². The van der Waals surface area contributed by atoms with Crippen LogP contribution in [0.2, 0.25) is 0 Å². The molecule has 28 heavy (non-hydrogen) atoms. The van der Waals surface area contributed by atoms with E-state index in [1.807, 2.05) is 64.5 Å². The van der Waals surface area contributed by atoms with Gasteiger partial charge >= 0.3 is 0 Å². The highest BCUT2D eigenvalue weighted by Crippen LogP contribution is 2.19. The normalized spacial score (nSPS) is 12.4. The number of benzene rings is 1. The summed E-state index contributed by atoms with van der Waals surface area (Å²) in [7, 11) is 1.91. The predicted molar refractivity (Wildman–Crippen MR) is 123 cm³/mol. The van der Waals surface area contributed by atoms with E-state index in [2.05, 4.69) is 20.7 Å². The minimum absolute atomic E-state index is 0. The average molecular weight is 501 g/mol. The van der Waals surface area contributed by atoms with Crippen molar-refractivity contribution in [3.8, 4) is 5.75 Å². The summed E-state index contributed by atoms with van der Waals surface area (Å²) in [5.74, 6) is 1.50. The number of aliphatic hydroxyl groups is 1. The summed E-state index contributed by atoms with van der Waals surface area (Å²) in [6.45, 7) is 7.78. The van der Waals surface area contributed by atoms with Crippen LogP contribution < -0.4 is 15.4 Å². The maximum absolute atomic E-state index is 10.4. The fourth-order valence-electron chi connectivity index (χ4n) is 2.59. The van der Waals surface area contributed by atoms with Crippen LogP contribution in [0.25, 0.3) is 0 Å². The lowest BCUT2D eigenvalue weighted by molar-refractivity contribution is 0.186. The molecule has 0 fully saturated rings. The van der Waals surface area contributed by atoms with Crippen LogP contribution in [0.1, 0.15) is 38.0 Å². The van der Waals surface area contributed by atoms with Gasteiger partial charge in [0.2, 0.25) is 0 Å². The first-order valence-corrected chi connectivity index (χ1v) is 9.42. The highest BCUT2D eigenvalue weighted by molar-refractivity contribution is 14.0. The smallest absolute Gasteiger partial charge is 0.191 e. The Morgan fingerprint density at radius 2 is 1.96 bits per heavy atom. The molecule has 0 aliphatic heterocycles. The van der Waals surface area contributed by atoms with Gasteiger partial charge in [0.1, 0.15) is 5.75 Å². The highest BCUT2D eigenvalue weighted by atomic mass is 127. The number of nitrogens with one attached hydrogen (secondary N) is 2. The lowest BCUT2D eigenvalue weighted by atomic mass is 10.1. The quantitative estimate of drug-likeness (QED) is 0.280. The van der Waals surface area contributed by atoms with Gasteiger partial charge < -0.3 is 20.5 Å². The first kappa shape index (κ1) is 24.2. The molecule has 1 aromatic heterocycles. The first-order chi connectivity index (χ1) is 13.0. The van der Waals surface area contributed by atoms with Crippen molar-refractivity contribution in [2.24, 2.45) is 12.0 Å². The zero-order valence-electron chi connectivity index (χ0n) is 17.1. The summed E-state index contributed by atoms with van der Waals surface area (Å²) in [5.41, 5.74) is 1.99. The molecule has 8 heteroatoms. The molecular formula is C20H32IN5O2. The number of hydrogen-bond donors (Lipinski definition) is 3. The van der Waals surface area contributed by atoms with Crippen LogP contribution in [0.15, 0.2) is 41.7 Å². The van der Waals surface area contributed by atoms with Crippen LogP contribution in [0, 0.1) is 0 Å². The zero-order valence-corrected chi connectivity index (χ0v) is 19.4. The maximum Gasteiger partial charge on any atom is 0.191 e. The van der Waals surface area contributed by atoms with Gasteiger partial charge in [0.25, 0.3) is 0 Å². The van der Waals surface area contributed by atoms with Crippen molar-refractivity contribution in [2.75, 3.05) is 19.6 Å². The average Bonchev–Trinajstić information content (AvgIpc) is 3.04. The molecule has 3 N–H and O–H groups in total. The van der Waals surface area contributed by atoms with Crippen LogP contribution >= 0.6 is 24.0 Å². The minimum Gasteiger partial charge on any atom is -0.491 e. The summed E-state index contributed by atoms with van der Waals surface area (Å²) in [4.78, 5) is 4.49. The van der Waals surface area contributed by atoms with E-state index in [9.17, 15) is 5.11 Å². The Kier molecular flexibility index (Phi) is 10.9. The van der Waals surface area contributed by atoms with Crippen molar-refractivity contribution in [1.82, 2.24) is 20.4 Å². The molecule has 0 saturated heterocycles. The molecule has 1 atom stereocenters. The second-order valence-corrected chi connectivity index (χ2v) is 6.67. The van der Waals surface area contributed by atoms with E-state index >= 15 is 0 Å². The van der Waals surface area contributed by atoms with E-state index in [-0.39, 0.29) is 36.6 Å². The second kappa shape index (κ2) is 12.6. The molecule has 0 radical (unpaired) electrons. The van der Waals surface area contributed by atoms with E-state index in [1.54, 1.807) is 4.68 Å². The lowest BCUT2D eigenvalue weighted by Crippen LogP contribution is -2.38. The molecule has 0 bridgehead atoms. The van der Waals surface area contributed by atoms with E-state index in [0.29, 0.717) is 5.96 Å². The van der Waals surface area contributed by atoms with Crippen LogP contribution in [-0.4, -0.2) is 46.6 Å². The molecule has 1 unspecified atom stereocenters. The Hall–Kier alpha value is -1.81. The summed E-state index contributed by atoms with van der Waals surface area (Å²) in [5, 5.41) is 21.1. The molecule has 1 heterocycles. The van der Waals surface area contributed by atoms with Crippen molar-refractivity contribution < 1.29 is 9.84 Å². The number of aliphatic hydroxyl groups excluding tert-OH is 1. The van der Waals surface area contributed by atoms with Gasteiger partial charge in [-0.15, -0.1) is 24.0 Å². The number of aliphatic imine (C=N–C) groups is 1. The number of hydrogen-bond acceptors (Lipinski definition) is 4. The van der Waals surface area contributed by atoms with Gasteiger partial charge in [0.05, 0.1) is 24.9 Å². The van der Waals surface area contributed by atoms with Crippen molar-refractivity contribution in [3.63, 3.8) is 0 Å². The van der Waals surface area contributed by atoms with Crippen molar-refractivity contribution in [2.45, 2.75) is 39.4 Å². The van der Waals surface area contributed by atoms with Crippen molar-refractivity contribution in [3.05, 3.63) is 47.8 Å². The van der Waals surface area contributed by atoms with Gasteiger partial charge in [0, 0.05) is 26.3 Å². The fourth-order valence-corrected chi connectivity index (χ4v) is 2.59. The zero-order chi connectivity index (χ0) is 19.6. The van der Waals surface area contributed by atoms with Crippen LogP contribution in [0.5, 0.6) is 5.75 Å². The van der Waals surface area contributed by atoms with Gasteiger partial charge in [-0.05, 0) is 50.5 Å². The molecule has 156 valence electrons. The van der Waals surface area contributed by atoms with E-state index < -0.39 is 6.10 Å². The van der Waals surface area contributed by atoms with Crippen molar-refractivity contribution in [1.29, 1.82) is 0 Å². The number of ether oxygens (including phenoxy) is 1. The number of nitrogens with zero attached hydrogens (tertiary/aromatic N) is 3. The lowest BCUT2D eigenvalue weighted by Gasteiger charge is -2.14. The third-order valence-electron chi connectivity index (χ3n) is 3.87. The van der Waals surface area contributed by atoms with E-state index in [1.165, 1.54) is 5.56 Å². The summed E-state index contributed by atoms with van der Waals surface area (Å²) < 4.78 is 7.42. The molecule has 2 aromatic rings. The van der Waals surface area contributed by atoms with Gasteiger partial charge in [-0.1, -0.05) is 12.1 Å². The molecule has 1 aromatic carbocycles. The van der Waals surface area contributed by atoms with Gasteiger partial charge in [0.15, 0.2) is 5.96 Å². The Balaban J connectivity index is 0.00000392. The van der Waals surface area contributed by atoms with Crippen LogP contribution in [-0.2, 0) is 13.5 Å². The third kappa shape index (κ3) is 8.47. The molecule has 0 amide bonds. The number of rotatable bonds is 9. The van der Waals surface area contributed by atoms with E-state index in [4.69, 9.17) is 4.74 Å². The van der Waals surface area contributed by atoms with Gasteiger partial charge in [-0.3, -0.25) is 9.67 Å². The Morgan fingerprint density at radius 1 is 1.25 bits per heavy atom. The third-order valence-corrected chi connectivity index (χ3v) is 3.87. The molecule has 0 aliphatic rings. The molecule has 0 spiro atoms. The predicted octanol–water partition coefficient (Wildman–Crippen LogP) is 2.66. The van der Waals surface area contributed by atoms with E-state index in [0.717, 1.165) is 30.8 Å². The number of halogens is 1.